The van der Waals surface area contributed by atoms with Gasteiger partial charge in [0.15, 0.2) is 0 Å². The lowest BCUT2D eigenvalue weighted by Gasteiger charge is -2.39. The van der Waals surface area contributed by atoms with Crippen LogP contribution >= 0.6 is 0 Å². The molecule has 2 saturated heterocycles. The summed E-state index contributed by atoms with van der Waals surface area (Å²) in [5.74, 6) is -0.594. The fraction of sp³-hybridized carbons (Fsp3) is 0.333. The summed E-state index contributed by atoms with van der Waals surface area (Å²) < 4.78 is 43.2. The molecule has 0 aliphatic carbocycles. The summed E-state index contributed by atoms with van der Waals surface area (Å²) in [6.07, 6.45) is 1.74. The van der Waals surface area contributed by atoms with Gasteiger partial charge in [-0.15, -0.1) is 0 Å². The first-order valence-corrected chi connectivity index (χ1v) is 13.4. The second-order valence-electron chi connectivity index (χ2n) is 10.3. The highest BCUT2D eigenvalue weighted by atomic mass is 19.1. The first-order valence-electron chi connectivity index (χ1n) is 13.4. The van der Waals surface area contributed by atoms with E-state index in [1.807, 2.05) is 34.1 Å². The number of piperidine rings is 1. The molecule has 0 saturated carbocycles. The van der Waals surface area contributed by atoms with Crippen LogP contribution in [0.2, 0.25) is 0 Å². The van der Waals surface area contributed by atoms with E-state index in [2.05, 4.69) is 9.47 Å². The van der Waals surface area contributed by atoms with E-state index in [0.717, 1.165) is 48.0 Å². The SMILES string of the molecule is O=C([C@H]1CCCN(Cc2nc3ccccc3n2-c2ccc(F)cc2)C1)N1CCN(c2ccc(F)cc2F)CC1. The Bertz CT molecular complexity index is 1480. The lowest BCUT2D eigenvalue weighted by atomic mass is 9.96. The molecular weight excluding hydrogens is 503 g/mol. The molecule has 2 aliphatic rings. The van der Waals surface area contributed by atoms with Crippen LogP contribution in [-0.4, -0.2) is 64.5 Å². The van der Waals surface area contributed by atoms with Crippen LogP contribution in [0.25, 0.3) is 16.7 Å². The number of aromatic nitrogens is 2. The average molecular weight is 534 g/mol. The van der Waals surface area contributed by atoms with Crippen molar-refractivity contribution in [1.82, 2.24) is 19.4 Å². The van der Waals surface area contributed by atoms with E-state index < -0.39 is 11.6 Å². The molecular formula is C30H30F3N5O. The van der Waals surface area contributed by atoms with Gasteiger partial charge in [-0.05, 0) is 67.9 Å². The standard InChI is InChI=1S/C30H30F3N5O/c31-22-7-10-24(11-8-22)38-28-6-2-1-5-26(28)34-29(38)20-35-13-3-4-21(19-35)30(39)37-16-14-36(15-17-37)27-12-9-23(32)18-25(27)33/h1-2,5-12,18,21H,3-4,13-17,19-20H2/t21-/m0/s1. The summed E-state index contributed by atoms with van der Waals surface area (Å²) in [5, 5.41) is 0. The summed E-state index contributed by atoms with van der Waals surface area (Å²) in [4.78, 5) is 24.4. The second kappa shape index (κ2) is 10.7. The van der Waals surface area contributed by atoms with Gasteiger partial charge < -0.3 is 9.80 Å². The number of rotatable bonds is 5. The smallest absolute Gasteiger partial charge is 0.227 e. The highest BCUT2D eigenvalue weighted by Crippen LogP contribution is 2.27. The lowest BCUT2D eigenvalue weighted by molar-refractivity contribution is -0.137. The quantitative estimate of drug-likeness (QED) is 0.362. The Balaban J connectivity index is 1.14. The molecule has 3 aromatic carbocycles. The molecule has 6 nitrogen and oxygen atoms in total. The fourth-order valence-corrected chi connectivity index (χ4v) is 5.82. The highest BCUT2D eigenvalue weighted by molar-refractivity contribution is 5.80. The van der Waals surface area contributed by atoms with Crippen LogP contribution in [0, 0.1) is 23.4 Å². The van der Waals surface area contributed by atoms with Crippen LogP contribution in [0.4, 0.5) is 18.9 Å². The summed E-state index contributed by atoms with van der Waals surface area (Å²) >= 11 is 0. The zero-order valence-electron chi connectivity index (χ0n) is 21.6. The first-order chi connectivity index (χ1) is 19.0. The molecule has 9 heteroatoms. The summed E-state index contributed by atoms with van der Waals surface area (Å²) in [6.45, 7) is 4.11. The first kappa shape index (κ1) is 25.4. The number of halogens is 3. The van der Waals surface area contributed by atoms with Crippen molar-refractivity contribution in [3.05, 3.63) is 90.0 Å². The number of para-hydroxylation sites is 2. The number of hydrogen-bond donors (Lipinski definition) is 0. The largest absolute Gasteiger partial charge is 0.366 e. The van der Waals surface area contributed by atoms with Crippen LogP contribution in [-0.2, 0) is 11.3 Å². The Kier molecular flexibility index (Phi) is 6.99. The maximum absolute atomic E-state index is 14.2. The summed E-state index contributed by atoms with van der Waals surface area (Å²) in [7, 11) is 0. The van der Waals surface area contributed by atoms with Crippen molar-refractivity contribution in [3.8, 4) is 5.69 Å². The normalized spacial score (nSPS) is 18.6. The molecule has 0 unspecified atom stereocenters. The van der Waals surface area contributed by atoms with E-state index in [4.69, 9.17) is 4.98 Å². The predicted octanol–water partition coefficient (Wildman–Crippen LogP) is 5.00. The third-order valence-electron chi connectivity index (χ3n) is 7.78. The van der Waals surface area contributed by atoms with Crippen molar-refractivity contribution in [2.45, 2.75) is 19.4 Å². The van der Waals surface area contributed by atoms with Crippen molar-refractivity contribution in [1.29, 1.82) is 0 Å². The Labute approximate surface area is 225 Å². The van der Waals surface area contributed by atoms with Gasteiger partial charge >= 0.3 is 0 Å². The molecule has 0 spiro atoms. The van der Waals surface area contributed by atoms with E-state index in [0.29, 0.717) is 45.0 Å². The zero-order valence-corrected chi connectivity index (χ0v) is 21.6. The number of carbonyl (C=O) groups excluding carboxylic acids is 1. The van der Waals surface area contributed by atoms with E-state index in [-0.39, 0.29) is 17.6 Å². The second-order valence-corrected chi connectivity index (χ2v) is 10.3. The van der Waals surface area contributed by atoms with Gasteiger partial charge in [-0.1, -0.05) is 12.1 Å². The Morgan fingerprint density at radius 2 is 1.62 bits per heavy atom. The average Bonchev–Trinajstić information content (AvgIpc) is 3.31. The van der Waals surface area contributed by atoms with E-state index in [9.17, 15) is 18.0 Å². The lowest BCUT2D eigenvalue weighted by Crippen LogP contribution is -2.52. The maximum Gasteiger partial charge on any atom is 0.227 e. The van der Waals surface area contributed by atoms with Crippen LogP contribution in [0.15, 0.2) is 66.7 Å². The number of amides is 1. The van der Waals surface area contributed by atoms with Gasteiger partial charge in [0.2, 0.25) is 5.91 Å². The van der Waals surface area contributed by atoms with Crippen LogP contribution < -0.4 is 4.90 Å². The van der Waals surface area contributed by atoms with Crippen molar-refractivity contribution in [2.75, 3.05) is 44.2 Å². The minimum Gasteiger partial charge on any atom is -0.366 e. The van der Waals surface area contributed by atoms with Gasteiger partial charge in [-0.3, -0.25) is 14.3 Å². The van der Waals surface area contributed by atoms with Gasteiger partial charge in [0.05, 0.1) is 29.2 Å². The van der Waals surface area contributed by atoms with Gasteiger partial charge in [0, 0.05) is 44.5 Å². The molecule has 1 aromatic heterocycles. The molecule has 1 amide bonds. The van der Waals surface area contributed by atoms with E-state index in [1.165, 1.54) is 24.3 Å². The number of anilines is 1. The van der Waals surface area contributed by atoms with Crippen LogP contribution in [0.1, 0.15) is 18.7 Å². The zero-order chi connectivity index (χ0) is 26.9. The molecule has 1 atom stereocenters. The number of likely N-dealkylation sites (tertiary alicyclic amines) is 1. The molecule has 0 bridgehead atoms. The molecule has 2 fully saturated rings. The monoisotopic (exact) mass is 533 g/mol. The van der Waals surface area contributed by atoms with Crippen LogP contribution in [0.5, 0.6) is 0 Å². The Morgan fingerprint density at radius 1 is 0.872 bits per heavy atom. The predicted molar refractivity (Wildman–Crippen MR) is 144 cm³/mol. The number of imidazole rings is 1. The minimum absolute atomic E-state index is 0.114. The van der Waals surface area contributed by atoms with E-state index >= 15 is 0 Å². The van der Waals surface area contributed by atoms with Gasteiger partial charge in [0.1, 0.15) is 23.3 Å². The molecule has 39 heavy (non-hydrogen) atoms. The van der Waals surface area contributed by atoms with E-state index in [1.54, 1.807) is 12.1 Å². The summed E-state index contributed by atoms with van der Waals surface area (Å²) in [6, 6.07) is 17.9. The maximum atomic E-state index is 14.2. The third kappa shape index (κ3) is 5.23. The molecule has 0 radical (unpaired) electrons. The highest BCUT2D eigenvalue weighted by Gasteiger charge is 2.32. The van der Waals surface area contributed by atoms with Crippen LogP contribution in [0.3, 0.4) is 0 Å². The molecule has 3 heterocycles. The van der Waals surface area contributed by atoms with Crippen molar-refractivity contribution >= 4 is 22.6 Å². The van der Waals surface area contributed by atoms with Crippen molar-refractivity contribution < 1.29 is 18.0 Å². The van der Waals surface area contributed by atoms with Crippen molar-refractivity contribution in [3.63, 3.8) is 0 Å². The van der Waals surface area contributed by atoms with Gasteiger partial charge in [-0.2, -0.15) is 0 Å². The summed E-state index contributed by atoms with van der Waals surface area (Å²) in [5.41, 5.74) is 3.05. The number of fused-ring (bicyclic) bond motifs is 1. The third-order valence-corrected chi connectivity index (χ3v) is 7.78. The Hall–Kier alpha value is -3.85. The molecule has 6 rings (SSSR count). The molecule has 2 aliphatic heterocycles. The van der Waals surface area contributed by atoms with Gasteiger partial charge in [-0.25, -0.2) is 18.2 Å². The Morgan fingerprint density at radius 3 is 2.38 bits per heavy atom. The number of piperazine rings is 1. The fourth-order valence-electron chi connectivity index (χ4n) is 5.82. The topological polar surface area (TPSA) is 44.6 Å². The number of nitrogens with zero attached hydrogens (tertiary/aromatic N) is 5. The van der Waals surface area contributed by atoms with Crippen molar-refractivity contribution in [2.24, 2.45) is 5.92 Å². The minimum atomic E-state index is -0.597. The number of carbonyl (C=O) groups is 1. The molecule has 202 valence electrons. The number of benzene rings is 3. The molecule has 0 N–H and O–H groups in total. The number of hydrogen-bond acceptors (Lipinski definition) is 4. The van der Waals surface area contributed by atoms with Gasteiger partial charge in [0.25, 0.3) is 0 Å². The molecule has 4 aromatic rings.